The van der Waals surface area contributed by atoms with Gasteiger partial charge in [-0.2, -0.15) is 0 Å². The number of hydrogen-bond donors (Lipinski definition) is 1. The fraction of sp³-hybridized carbons (Fsp3) is 0.929. The van der Waals surface area contributed by atoms with Crippen LogP contribution in [0.2, 0.25) is 0 Å². The first-order valence-corrected chi connectivity index (χ1v) is 7.19. The van der Waals surface area contributed by atoms with Crippen LogP contribution in [0.4, 0.5) is 0 Å². The Morgan fingerprint density at radius 2 is 2.06 bits per heavy atom. The summed E-state index contributed by atoms with van der Waals surface area (Å²) in [4.78, 5) is 14.9. The molecule has 1 aliphatic carbocycles. The minimum atomic E-state index is -0.0726. The van der Waals surface area contributed by atoms with Gasteiger partial charge >= 0.3 is 0 Å². The first-order valence-electron chi connectivity index (χ1n) is 7.19. The van der Waals surface area contributed by atoms with Gasteiger partial charge in [0.1, 0.15) is 0 Å². The van der Waals surface area contributed by atoms with Crippen LogP contribution in [0, 0.1) is 5.41 Å². The summed E-state index contributed by atoms with van der Waals surface area (Å²) < 4.78 is 0. The van der Waals surface area contributed by atoms with E-state index in [9.17, 15) is 4.79 Å². The van der Waals surface area contributed by atoms with E-state index in [4.69, 9.17) is 0 Å². The first-order chi connectivity index (χ1) is 8.17. The Morgan fingerprint density at radius 3 is 2.59 bits per heavy atom. The number of nitrogens with zero attached hydrogens (tertiary/aromatic N) is 1. The van der Waals surface area contributed by atoms with Crippen molar-refractivity contribution in [1.29, 1.82) is 0 Å². The van der Waals surface area contributed by atoms with Crippen molar-refractivity contribution >= 4 is 5.91 Å². The predicted molar refractivity (Wildman–Crippen MR) is 69.9 cm³/mol. The van der Waals surface area contributed by atoms with Crippen LogP contribution in [0.1, 0.15) is 52.4 Å². The van der Waals surface area contributed by atoms with Gasteiger partial charge in [0, 0.05) is 24.5 Å². The van der Waals surface area contributed by atoms with Gasteiger partial charge in [-0.25, -0.2) is 0 Å². The van der Waals surface area contributed by atoms with Gasteiger partial charge in [0.15, 0.2) is 0 Å². The Labute approximate surface area is 105 Å². The molecule has 0 bridgehead atoms. The highest BCUT2D eigenvalue weighted by Gasteiger charge is 2.39. The highest BCUT2D eigenvalue weighted by Crippen LogP contribution is 2.38. The minimum Gasteiger partial charge on any atom is -0.338 e. The Hall–Kier alpha value is -0.570. The quantitative estimate of drug-likeness (QED) is 0.817. The largest absolute Gasteiger partial charge is 0.338 e. The van der Waals surface area contributed by atoms with Crippen LogP contribution in [0.25, 0.3) is 0 Å². The van der Waals surface area contributed by atoms with Crippen LogP contribution < -0.4 is 5.32 Å². The Balaban J connectivity index is 2.04. The fourth-order valence-corrected chi connectivity index (χ4v) is 3.37. The summed E-state index contributed by atoms with van der Waals surface area (Å²) >= 11 is 0. The SMILES string of the molecule is CCN(C(=O)C1(C)CCCCC1)C1CCNC1. The lowest BCUT2D eigenvalue weighted by atomic mass is 9.74. The van der Waals surface area contributed by atoms with Crippen LogP contribution in [0.15, 0.2) is 0 Å². The fourth-order valence-electron chi connectivity index (χ4n) is 3.37. The molecule has 2 fully saturated rings. The van der Waals surface area contributed by atoms with E-state index in [2.05, 4.69) is 24.1 Å². The number of hydrogen-bond acceptors (Lipinski definition) is 2. The van der Waals surface area contributed by atoms with Crippen molar-refractivity contribution in [2.24, 2.45) is 5.41 Å². The molecule has 98 valence electrons. The van der Waals surface area contributed by atoms with Crippen molar-refractivity contribution in [3.8, 4) is 0 Å². The predicted octanol–water partition coefficient (Wildman–Crippen LogP) is 2.17. The summed E-state index contributed by atoms with van der Waals surface area (Å²) in [5, 5.41) is 3.36. The number of nitrogens with one attached hydrogen (secondary N) is 1. The summed E-state index contributed by atoms with van der Waals surface area (Å²) in [5.74, 6) is 0.411. The van der Waals surface area contributed by atoms with Crippen LogP contribution in [-0.2, 0) is 4.79 Å². The van der Waals surface area contributed by atoms with Crippen molar-refractivity contribution in [2.45, 2.75) is 58.4 Å². The molecule has 0 spiro atoms. The van der Waals surface area contributed by atoms with Gasteiger partial charge in [0.2, 0.25) is 5.91 Å². The van der Waals surface area contributed by atoms with Gasteiger partial charge in [-0.1, -0.05) is 26.2 Å². The third-order valence-electron chi connectivity index (χ3n) is 4.55. The van der Waals surface area contributed by atoms with E-state index in [1.54, 1.807) is 0 Å². The second-order valence-corrected chi connectivity index (χ2v) is 5.86. The lowest BCUT2D eigenvalue weighted by Crippen LogP contribution is -2.49. The molecule has 1 heterocycles. The Bertz CT molecular complexity index is 265. The maximum absolute atomic E-state index is 12.7. The molecule has 0 radical (unpaired) electrons. The second kappa shape index (κ2) is 5.38. The third kappa shape index (κ3) is 2.65. The second-order valence-electron chi connectivity index (χ2n) is 5.86. The number of rotatable bonds is 3. The normalized spacial score (nSPS) is 28.0. The van der Waals surface area contributed by atoms with Crippen LogP contribution in [0.3, 0.4) is 0 Å². The minimum absolute atomic E-state index is 0.0726. The van der Waals surface area contributed by atoms with Gasteiger partial charge < -0.3 is 10.2 Å². The summed E-state index contributed by atoms with van der Waals surface area (Å²) in [6.07, 6.45) is 7.05. The maximum atomic E-state index is 12.7. The zero-order valence-corrected chi connectivity index (χ0v) is 11.3. The van der Waals surface area contributed by atoms with Crippen LogP contribution in [-0.4, -0.2) is 36.5 Å². The zero-order chi connectivity index (χ0) is 12.3. The smallest absolute Gasteiger partial charge is 0.228 e. The van der Waals surface area contributed by atoms with E-state index >= 15 is 0 Å². The molecule has 0 aromatic carbocycles. The van der Waals surface area contributed by atoms with E-state index in [0.29, 0.717) is 11.9 Å². The molecule has 1 saturated carbocycles. The average molecular weight is 238 g/mol. The summed E-state index contributed by atoms with van der Waals surface area (Å²) in [5.41, 5.74) is -0.0726. The van der Waals surface area contributed by atoms with Crippen LogP contribution in [0.5, 0.6) is 0 Å². The summed E-state index contributed by atoms with van der Waals surface area (Å²) in [6.45, 7) is 7.20. The summed E-state index contributed by atoms with van der Waals surface area (Å²) in [6, 6.07) is 0.436. The van der Waals surface area contributed by atoms with Gasteiger partial charge in [-0.3, -0.25) is 4.79 Å². The Kier molecular flexibility index (Phi) is 4.08. The molecule has 1 atom stereocenters. The monoisotopic (exact) mass is 238 g/mol. The highest BCUT2D eigenvalue weighted by molar-refractivity contribution is 5.82. The van der Waals surface area contributed by atoms with Crippen molar-refractivity contribution in [1.82, 2.24) is 10.2 Å². The van der Waals surface area contributed by atoms with Gasteiger partial charge in [0.05, 0.1) is 0 Å². The molecule has 1 unspecified atom stereocenters. The molecule has 1 N–H and O–H groups in total. The standard InChI is InChI=1S/C14H26N2O/c1-3-16(12-7-10-15-11-12)13(17)14(2)8-5-4-6-9-14/h12,15H,3-11H2,1-2H3. The Morgan fingerprint density at radius 1 is 1.35 bits per heavy atom. The first kappa shape index (κ1) is 12.9. The van der Waals surface area contributed by atoms with Crippen LogP contribution >= 0.6 is 0 Å². The van der Waals surface area contributed by atoms with Crippen molar-refractivity contribution in [2.75, 3.05) is 19.6 Å². The van der Waals surface area contributed by atoms with E-state index < -0.39 is 0 Å². The van der Waals surface area contributed by atoms with Gasteiger partial charge in [0.25, 0.3) is 0 Å². The lowest BCUT2D eigenvalue weighted by Gasteiger charge is -2.39. The van der Waals surface area contributed by atoms with Gasteiger partial charge in [-0.15, -0.1) is 0 Å². The number of amides is 1. The average Bonchev–Trinajstić information content (AvgIpc) is 2.84. The van der Waals surface area contributed by atoms with E-state index in [1.165, 1.54) is 19.3 Å². The van der Waals surface area contributed by atoms with E-state index in [-0.39, 0.29) is 5.41 Å². The zero-order valence-electron chi connectivity index (χ0n) is 11.3. The molecule has 3 nitrogen and oxygen atoms in total. The number of likely N-dealkylation sites (N-methyl/N-ethyl adjacent to an activating group) is 1. The van der Waals surface area contributed by atoms with Crippen molar-refractivity contribution < 1.29 is 4.79 Å². The molecule has 17 heavy (non-hydrogen) atoms. The number of carbonyl (C=O) groups excluding carboxylic acids is 1. The molecular weight excluding hydrogens is 212 g/mol. The molecular formula is C14H26N2O. The molecule has 0 aromatic heterocycles. The lowest BCUT2D eigenvalue weighted by molar-refractivity contribution is -0.145. The maximum Gasteiger partial charge on any atom is 0.228 e. The number of carbonyl (C=O) groups is 1. The molecule has 1 aliphatic heterocycles. The topological polar surface area (TPSA) is 32.3 Å². The van der Waals surface area contributed by atoms with Crippen molar-refractivity contribution in [3.63, 3.8) is 0 Å². The molecule has 1 amide bonds. The highest BCUT2D eigenvalue weighted by atomic mass is 16.2. The van der Waals surface area contributed by atoms with Crippen molar-refractivity contribution in [3.05, 3.63) is 0 Å². The molecule has 2 aliphatic rings. The third-order valence-corrected chi connectivity index (χ3v) is 4.55. The summed E-state index contributed by atoms with van der Waals surface area (Å²) in [7, 11) is 0. The van der Waals surface area contributed by atoms with E-state index in [1.807, 2.05) is 0 Å². The molecule has 3 heteroatoms. The molecule has 0 aromatic rings. The van der Waals surface area contributed by atoms with E-state index in [0.717, 1.165) is 38.9 Å². The molecule has 1 saturated heterocycles. The molecule has 2 rings (SSSR count). The van der Waals surface area contributed by atoms with Gasteiger partial charge in [-0.05, 0) is 32.7 Å².